The molecule has 0 bridgehead atoms. The number of unbranched alkanes of at least 4 members (excludes halogenated alkanes) is 1. The van der Waals surface area contributed by atoms with E-state index in [0.29, 0.717) is 0 Å². The average molecular weight is 211 g/mol. The number of rotatable bonds is 3. The van der Waals surface area contributed by atoms with E-state index in [-0.39, 0.29) is 20.0 Å². The van der Waals surface area contributed by atoms with Crippen molar-refractivity contribution in [3.8, 4) is 0 Å². The zero-order valence-electron chi connectivity index (χ0n) is 4.00. The van der Waals surface area contributed by atoms with E-state index in [1.54, 1.807) is 0 Å². The van der Waals surface area contributed by atoms with Crippen molar-refractivity contribution in [3.05, 3.63) is 0 Å². The van der Waals surface area contributed by atoms with Crippen LogP contribution in [0.15, 0.2) is 0 Å². The summed E-state index contributed by atoms with van der Waals surface area (Å²) in [6.45, 7) is 2.20. The Morgan fingerprint density at radius 2 is 2.33 bits per heavy atom. The summed E-state index contributed by atoms with van der Waals surface area (Å²) in [5.41, 5.74) is 0. The van der Waals surface area contributed by atoms with E-state index in [4.69, 9.17) is 8.92 Å². The van der Waals surface area contributed by atoms with E-state index in [2.05, 4.69) is 6.92 Å². The van der Waals surface area contributed by atoms with Crippen LogP contribution in [-0.2, 0) is 0 Å². The maximum absolute atomic E-state index is 5.55. The molecule has 0 spiro atoms. The Balaban J connectivity index is 2.34. The summed E-state index contributed by atoms with van der Waals surface area (Å²) < 4.78 is 1.35. The molecular formula is C4H9ClSn+2. The summed E-state index contributed by atoms with van der Waals surface area (Å²) in [6.07, 6.45) is 2.67. The summed E-state index contributed by atoms with van der Waals surface area (Å²) in [5.74, 6) is 0. The molecule has 6 heavy (non-hydrogen) atoms. The summed E-state index contributed by atoms with van der Waals surface area (Å²) in [4.78, 5) is 0. The molecule has 0 atom stereocenters. The van der Waals surface area contributed by atoms with Crippen molar-refractivity contribution in [2.24, 2.45) is 0 Å². The molecule has 0 N–H and O–H groups in total. The van der Waals surface area contributed by atoms with Crippen LogP contribution in [0.4, 0.5) is 0 Å². The third-order valence-electron chi connectivity index (χ3n) is 0.625. The van der Waals surface area contributed by atoms with Crippen LogP contribution in [-0.4, -0.2) is 20.0 Å². The average Bonchev–Trinajstić information content (AvgIpc) is 1.61. The van der Waals surface area contributed by atoms with Crippen LogP contribution < -0.4 is 0 Å². The van der Waals surface area contributed by atoms with Crippen molar-refractivity contribution in [1.82, 2.24) is 0 Å². The molecule has 0 aliphatic carbocycles. The van der Waals surface area contributed by atoms with Gasteiger partial charge in [-0.15, -0.1) is 0 Å². The predicted molar refractivity (Wildman–Crippen MR) is 31.3 cm³/mol. The second-order valence-electron chi connectivity index (χ2n) is 1.24. The van der Waals surface area contributed by atoms with E-state index in [1.807, 2.05) is 0 Å². The molecule has 0 nitrogen and oxygen atoms in total. The normalized spacial score (nSPS) is 7.67. The monoisotopic (exact) mass is 212 g/mol. The van der Waals surface area contributed by atoms with Gasteiger partial charge in [0.25, 0.3) is 0 Å². The van der Waals surface area contributed by atoms with Crippen molar-refractivity contribution in [3.63, 3.8) is 0 Å². The zero-order valence-corrected chi connectivity index (χ0v) is 7.61. The molecule has 0 aliphatic rings. The molecule has 0 aromatic carbocycles. The van der Waals surface area contributed by atoms with Crippen molar-refractivity contribution in [1.29, 1.82) is 0 Å². The van der Waals surface area contributed by atoms with Gasteiger partial charge in [-0.25, -0.2) is 0 Å². The van der Waals surface area contributed by atoms with Gasteiger partial charge in [0.2, 0.25) is 0 Å². The zero-order chi connectivity index (χ0) is 4.83. The second kappa shape index (κ2) is 6.09. The van der Waals surface area contributed by atoms with Gasteiger partial charge in [-0.05, 0) is 0 Å². The van der Waals surface area contributed by atoms with Crippen LogP contribution in [0.5, 0.6) is 0 Å². The van der Waals surface area contributed by atoms with Crippen LogP contribution in [0, 0.1) is 0 Å². The minimum atomic E-state index is -0.338. The van der Waals surface area contributed by atoms with Crippen molar-refractivity contribution in [2.45, 2.75) is 24.2 Å². The molecule has 0 radical (unpaired) electrons. The molecule has 0 aromatic rings. The molecule has 0 rings (SSSR count). The predicted octanol–water partition coefficient (Wildman–Crippen LogP) is 2.06. The Bertz CT molecular complexity index is 19.5. The Morgan fingerprint density at radius 1 is 1.67 bits per heavy atom. The molecule has 34 valence electrons. The quantitative estimate of drug-likeness (QED) is 0.495. The molecule has 0 heterocycles. The van der Waals surface area contributed by atoms with Crippen molar-refractivity contribution < 1.29 is 0 Å². The van der Waals surface area contributed by atoms with Gasteiger partial charge in [-0.1, -0.05) is 0 Å². The number of hydrogen-bond donors (Lipinski definition) is 0. The SMILES string of the molecule is CCC[CH2][Sn+2][Cl]. The van der Waals surface area contributed by atoms with Gasteiger partial charge >= 0.3 is 53.1 Å². The molecule has 0 amide bonds. The molecule has 2 heteroatoms. The van der Waals surface area contributed by atoms with Crippen LogP contribution in [0.25, 0.3) is 0 Å². The minimum absolute atomic E-state index is 0.338. The van der Waals surface area contributed by atoms with Gasteiger partial charge in [0, 0.05) is 0 Å². The molecule has 0 unspecified atom stereocenters. The first-order chi connectivity index (χ1) is 2.91. The molecule has 0 fully saturated rings. The summed E-state index contributed by atoms with van der Waals surface area (Å²) in [7, 11) is 5.55. The van der Waals surface area contributed by atoms with Gasteiger partial charge in [0.05, 0.1) is 0 Å². The number of hydrogen-bond acceptors (Lipinski definition) is 0. The van der Waals surface area contributed by atoms with Crippen LogP contribution in [0.2, 0.25) is 4.44 Å². The summed E-state index contributed by atoms with van der Waals surface area (Å²) in [6, 6.07) is 0. The fourth-order valence-electron chi connectivity index (χ4n) is 0.244. The molecule has 0 aromatic heterocycles. The van der Waals surface area contributed by atoms with E-state index >= 15 is 0 Å². The van der Waals surface area contributed by atoms with Crippen LogP contribution in [0.1, 0.15) is 19.8 Å². The summed E-state index contributed by atoms with van der Waals surface area (Å²) >= 11 is -0.338. The Hall–Kier alpha value is 1.09. The van der Waals surface area contributed by atoms with Gasteiger partial charge in [0.15, 0.2) is 0 Å². The number of halogens is 1. The Morgan fingerprint density at radius 3 is 2.50 bits per heavy atom. The van der Waals surface area contributed by atoms with Crippen LogP contribution >= 0.6 is 8.92 Å². The van der Waals surface area contributed by atoms with Crippen molar-refractivity contribution in [2.75, 3.05) is 0 Å². The maximum atomic E-state index is 5.55. The Labute approximate surface area is 53.2 Å². The van der Waals surface area contributed by atoms with E-state index in [0.717, 1.165) is 0 Å². The molecular weight excluding hydrogens is 202 g/mol. The van der Waals surface area contributed by atoms with Crippen LogP contribution in [0.3, 0.4) is 0 Å². The third-order valence-corrected chi connectivity index (χ3v) is 3.44. The fourth-order valence-corrected chi connectivity index (χ4v) is 2.53. The standard InChI is InChI=1S/C4H9.ClH.Sn/c1-3-4-2;;/h1,3-4H2,2H3;1H;/q;;+3/p-1. The first-order valence-corrected chi connectivity index (χ1v) is 7.88. The first kappa shape index (κ1) is 7.09. The molecule has 0 saturated heterocycles. The third kappa shape index (κ3) is 5.09. The van der Waals surface area contributed by atoms with E-state index in [9.17, 15) is 0 Å². The van der Waals surface area contributed by atoms with E-state index < -0.39 is 0 Å². The van der Waals surface area contributed by atoms with Gasteiger partial charge < -0.3 is 0 Å². The van der Waals surface area contributed by atoms with Gasteiger partial charge in [-0.3, -0.25) is 0 Å². The molecule has 0 aliphatic heterocycles. The Kier molecular flexibility index (Phi) is 7.19. The van der Waals surface area contributed by atoms with E-state index in [1.165, 1.54) is 17.3 Å². The second-order valence-corrected chi connectivity index (χ2v) is 5.22. The summed E-state index contributed by atoms with van der Waals surface area (Å²) in [5, 5.41) is 0. The molecule has 0 saturated carbocycles. The van der Waals surface area contributed by atoms with Crippen molar-refractivity contribution >= 4 is 28.9 Å². The first-order valence-electron chi connectivity index (χ1n) is 2.25. The fraction of sp³-hybridized carbons (Fsp3) is 1.00. The van der Waals surface area contributed by atoms with Gasteiger partial charge in [-0.2, -0.15) is 0 Å². The van der Waals surface area contributed by atoms with Gasteiger partial charge in [0.1, 0.15) is 0 Å². The topological polar surface area (TPSA) is 0 Å².